The van der Waals surface area contributed by atoms with Crippen molar-refractivity contribution in [2.24, 2.45) is 7.05 Å². The summed E-state index contributed by atoms with van der Waals surface area (Å²) in [4.78, 5) is 11.7. The lowest BCUT2D eigenvalue weighted by molar-refractivity contribution is 0.0524. The van der Waals surface area contributed by atoms with Gasteiger partial charge in [-0.3, -0.25) is 4.68 Å². The monoisotopic (exact) mass is 264 g/mol. The van der Waals surface area contributed by atoms with E-state index in [-0.39, 0.29) is 5.97 Å². The molecule has 0 atom stereocenters. The fourth-order valence-electron chi connectivity index (χ4n) is 1.69. The number of carbonyl (C=O) groups excluding carboxylic acids is 1. The minimum atomic E-state index is -0.353. The predicted octanol–water partition coefficient (Wildman–Crippen LogP) is 0.875. The summed E-state index contributed by atoms with van der Waals surface area (Å²) >= 11 is 0. The quantitative estimate of drug-likeness (QED) is 0.780. The highest BCUT2D eigenvalue weighted by Gasteiger charge is 2.16. The van der Waals surface area contributed by atoms with Crippen molar-refractivity contribution >= 4 is 5.97 Å². The first kappa shape index (κ1) is 13.3. The molecule has 0 aromatic carbocycles. The molecule has 0 aliphatic carbocycles. The Bertz CT molecular complexity index is 533. The van der Waals surface area contributed by atoms with Crippen LogP contribution in [-0.2, 0) is 24.9 Å². The summed E-state index contributed by atoms with van der Waals surface area (Å²) in [5, 5.41) is 11.0. The van der Waals surface area contributed by atoms with E-state index >= 15 is 0 Å². The third-order valence-corrected chi connectivity index (χ3v) is 2.65. The molecule has 7 heteroatoms. The second-order valence-corrected chi connectivity index (χ2v) is 3.94. The lowest BCUT2D eigenvalue weighted by atomic mass is 10.2. The van der Waals surface area contributed by atoms with Gasteiger partial charge in [-0.2, -0.15) is 5.10 Å². The van der Waals surface area contributed by atoms with E-state index in [0.717, 1.165) is 11.4 Å². The Morgan fingerprint density at radius 3 is 3.05 bits per heavy atom. The third-order valence-electron chi connectivity index (χ3n) is 2.65. The van der Waals surface area contributed by atoms with Crippen molar-refractivity contribution in [2.75, 3.05) is 6.61 Å². The Labute approximate surface area is 110 Å². The summed E-state index contributed by atoms with van der Waals surface area (Å²) in [5.74, 6) is -0.353. The molecule has 0 saturated carbocycles. The molecular formula is C12H16N4O3. The topological polar surface area (TPSA) is 82.2 Å². The molecule has 0 aliphatic rings. The lowest BCUT2D eigenvalue weighted by Gasteiger charge is -2.06. The van der Waals surface area contributed by atoms with Gasteiger partial charge < -0.3 is 14.6 Å². The van der Waals surface area contributed by atoms with Crippen LogP contribution in [0.1, 0.15) is 28.7 Å². The number of hydrogen-bond acceptors (Lipinski definition) is 6. The fraction of sp³-hybridized carbons (Fsp3) is 0.417. The maximum Gasteiger partial charge on any atom is 0.341 e. The van der Waals surface area contributed by atoms with Crippen molar-refractivity contribution in [3.63, 3.8) is 0 Å². The molecule has 0 fully saturated rings. The number of rotatable bonds is 6. The van der Waals surface area contributed by atoms with Gasteiger partial charge in [0.15, 0.2) is 0 Å². The summed E-state index contributed by atoms with van der Waals surface area (Å²) in [5.41, 5.74) is 2.07. The third kappa shape index (κ3) is 3.19. The van der Waals surface area contributed by atoms with Gasteiger partial charge in [-0.25, -0.2) is 4.79 Å². The van der Waals surface area contributed by atoms with Crippen LogP contribution in [0.5, 0.6) is 0 Å². The standard InChI is InChI=1S/C12H16N4O3/c1-3-18-12(17)10-7-14-16(2)11(10)8-13-6-9-4-5-19-15-9/h4-5,7,13H,3,6,8H2,1-2H3. The Hall–Kier alpha value is -2.15. The number of hydrogen-bond donors (Lipinski definition) is 1. The highest BCUT2D eigenvalue weighted by molar-refractivity contribution is 5.90. The smallest absolute Gasteiger partial charge is 0.341 e. The van der Waals surface area contributed by atoms with E-state index in [9.17, 15) is 4.79 Å². The van der Waals surface area contributed by atoms with Gasteiger partial charge in [-0.1, -0.05) is 5.16 Å². The van der Waals surface area contributed by atoms with Crippen molar-refractivity contribution in [2.45, 2.75) is 20.0 Å². The van der Waals surface area contributed by atoms with Crippen LogP contribution >= 0.6 is 0 Å². The number of aryl methyl sites for hydroxylation is 1. The second-order valence-electron chi connectivity index (χ2n) is 3.94. The number of esters is 1. The van der Waals surface area contributed by atoms with E-state index in [0.29, 0.717) is 25.3 Å². The van der Waals surface area contributed by atoms with Gasteiger partial charge in [0, 0.05) is 26.2 Å². The first-order valence-electron chi connectivity index (χ1n) is 6.00. The van der Waals surface area contributed by atoms with Crippen molar-refractivity contribution < 1.29 is 14.1 Å². The zero-order valence-corrected chi connectivity index (χ0v) is 10.9. The molecule has 0 radical (unpaired) electrons. The Balaban J connectivity index is 1.99. The highest BCUT2D eigenvalue weighted by atomic mass is 16.5. The van der Waals surface area contributed by atoms with Gasteiger partial charge in [-0.15, -0.1) is 0 Å². The fourth-order valence-corrected chi connectivity index (χ4v) is 1.69. The molecule has 2 aromatic rings. The summed E-state index contributed by atoms with van der Waals surface area (Å²) in [6.45, 7) is 3.18. The molecular weight excluding hydrogens is 248 g/mol. The molecule has 102 valence electrons. The molecule has 2 rings (SSSR count). The number of nitrogens with one attached hydrogen (secondary N) is 1. The minimum Gasteiger partial charge on any atom is -0.462 e. The normalized spacial score (nSPS) is 10.6. The predicted molar refractivity (Wildman–Crippen MR) is 66.2 cm³/mol. The van der Waals surface area contributed by atoms with Gasteiger partial charge >= 0.3 is 5.97 Å². The van der Waals surface area contributed by atoms with Gasteiger partial charge in [-0.05, 0) is 6.92 Å². The molecule has 0 saturated heterocycles. The van der Waals surface area contributed by atoms with Crippen molar-refractivity contribution in [1.29, 1.82) is 0 Å². The van der Waals surface area contributed by atoms with Crippen LogP contribution in [0.2, 0.25) is 0 Å². The summed E-state index contributed by atoms with van der Waals surface area (Å²) in [6.07, 6.45) is 3.04. The van der Waals surface area contributed by atoms with E-state index in [1.54, 1.807) is 24.7 Å². The van der Waals surface area contributed by atoms with Crippen LogP contribution in [-0.4, -0.2) is 27.5 Å². The molecule has 1 N–H and O–H groups in total. The van der Waals surface area contributed by atoms with E-state index < -0.39 is 0 Å². The molecule has 19 heavy (non-hydrogen) atoms. The summed E-state index contributed by atoms with van der Waals surface area (Å²) < 4.78 is 11.4. The molecule has 2 heterocycles. The molecule has 0 spiro atoms. The lowest BCUT2D eigenvalue weighted by Crippen LogP contribution is -2.18. The van der Waals surface area contributed by atoms with E-state index in [2.05, 4.69) is 15.6 Å². The Kier molecular flexibility index (Phi) is 4.30. The number of nitrogens with zero attached hydrogens (tertiary/aromatic N) is 3. The largest absolute Gasteiger partial charge is 0.462 e. The maximum absolute atomic E-state index is 11.7. The van der Waals surface area contributed by atoms with Crippen LogP contribution in [0.4, 0.5) is 0 Å². The maximum atomic E-state index is 11.7. The van der Waals surface area contributed by atoms with Crippen molar-refractivity contribution in [3.8, 4) is 0 Å². The van der Waals surface area contributed by atoms with Crippen LogP contribution in [0.25, 0.3) is 0 Å². The average molecular weight is 264 g/mol. The molecule has 0 amide bonds. The molecule has 0 bridgehead atoms. The minimum absolute atomic E-state index is 0.347. The molecule has 7 nitrogen and oxygen atoms in total. The van der Waals surface area contributed by atoms with Crippen molar-refractivity contribution in [3.05, 3.63) is 35.5 Å². The van der Waals surface area contributed by atoms with Crippen LogP contribution < -0.4 is 5.32 Å². The zero-order chi connectivity index (χ0) is 13.7. The summed E-state index contributed by atoms with van der Waals surface area (Å²) in [7, 11) is 1.79. The molecule has 0 aliphatic heterocycles. The van der Waals surface area contributed by atoms with E-state index in [1.807, 2.05) is 0 Å². The van der Waals surface area contributed by atoms with Crippen LogP contribution in [0.3, 0.4) is 0 Å². The van der Waals surface area contributed by atoms with E-state index in [4.69, 9.17) is 9.26 Å². The van der Waals surface area contributed by atoms with Gasteiger partial charge in [0.1, 0.15) is 11.8 Å². The van der Waals surface area contributed by atoms with E-state index in [1.165, 1.54) is 12.5 Å². The summed E-state index contributed by atoms with van der Waals surface area (Å²) in [6, 6.07) is 1.78. The average Bonchev–Trinajstić information content (AvgIpc) is 3.01. The number of aromatic nitrogens is 3. The molecule has 0 unspecified atom stereocenters. The molecule has 2 aromatic heterocycles. The second kappa shape index (κ2) is 6.14. The van der Waals surface area contributed by atoms with Gasteiger partial charge in [0.05, 0.1) is 24.2 Å². The van der Waals surface area contributed by atoms with Crippen molar-refractivity contribution in [1.82, 2.24) is 20.3 Å². The highest BCUT2D eigenvalue weighted by Crippen LogP contribution is 2.09. The number of ether oxygens (including phenoxy) is 1. The van der Waals surface area contributed by atoms with Gasteiger partial charge in [0.25, 0.3) is 0 Å². The van der Waals surface area contributed by atoms with Crippen LogP contribution in [0.15, 0.2) is 23.0 Å². The first-order chi connectivity index (χ1) is 9.22. The van der Waals surface area contributed by atoms with Crippen LogP contribution in [0, 0.1) is 0 Å². The number of carbonyl (C=O) groups is 1. The zero-order valence-electron chi connectivity index (χ0n) is 10.9. The SMILES string of the molecule is CCOC(=O)c1cnn(C)c1CNCc1ccon1. The Morgan fingerprint density at radius 2 is 2.37 bits per heavy atom. The van der Waals surface area contributed by atoms with Gasteiger partial charge in [0.2, 0.25) is 0 Å². The Morgan fingerprint density at radius 1 is 1.53 bits per heavy atom. The first-order valence-corrected chi connectivity index (χ1v) is 6.00.